The summed E-state index contributed by atoms with van der Waals surface area (Å²) in [6.07, 6.45) is 1.49. The summed E-state index contributed by atoms with van der Waals surface area (Å²) in [6, 6.07) is 6.88. The predicted molar refractivity (Wildman–Crippen MR) is 79.6 cm³/mol. The van der Waals surface area contributed by atoms with Gasteiger partial charge in [-0.3, -0.25) is 0 Å². The van der Waals surface area contributed by atoms with Gasteiger partial charge in [-0.1, -0.05) is 13.0 Å². The molecule has 0 amide bonds. The van der Waals surface area contributed by atoms with Crippen molar-refractivity contribution in [2.24, 2.45) is 5.84 Å². The van der Waals surface area contributed by atoms with Gasteiger partial charge in [0.25, 0.3) is 0 Å². The second kappa shape index (κ2) is 6.31. The SMILES string of the molecule is CCN(Cc1cccs1)S(=O)(=O)c1cccnc1NN. The van der Waals surface area contributed by atoms with Crippen molar-refractivity contribution in [3.05, 3.63) is 40.7 Å². The van der Waals surface area contributed by atoms with Gasteiger partial charge in [0.05, 0.1) is 0 Å². The fourth-order valence-corrected chi connectivity index (χ4v) is 4.12. The fraction of sp³-hybridized carbons (Fsp3) is 0.250. The molecule has 0 aliphatic rings. The van der Waals surface area contributed by atoms with E-state index in [1.807, 2.05) is 17.5 Å². The molecule has 0 saturated carbocycles. The minimum absolute atomic E-state index is 0.0842. The third kappa shape index (κ3) is 2.98. The molecule has 20 heavy (non-hydrogen) atoms. The molecule has 0 radical (unpaired) electrons. The van der Waals surface area contributed by atoms with E-state index in [9.17, 15) is 8.42 Å². The van der Waals surface area contributed by atoms with Gasteiger partial charge in [-0.25, -0.2) is 19.2 Å². The lowest BCUT2D eigenvalue weighted by Gasteiger charge is -2.20. The largest absolute Gasteiger partial charge is 0.307 e. The van der Waals surface area contributed by atoms with Crippen LogP contribution in [-0.2, 0) is 16.6 Å². The highest BCUT2D eigenvalue weighted by molar-refractivity contribution is 7.89. The Bertz CT molecular complexity index is 656. The molecule has 0 fully saturated rings. The number of sulfonamides is 1. The number of nitrogen functional groups attached to an aromatic ring is 1. The van der Waals surface area contributed by atoms with Gasteiger partial charge in [0, 0.05) is 24.2 Å². The Hall–Kier alpha value is -1.48. The zero-order valence-corrected chi connectivity index (χ0v) is 12.6. The van der Waals surface area contributed by atoms with Gasteiger partial charge in [-0.15, -0.1) is 11.3 Å². The van der Waals surface area contributed by atoms with Crippen LogP contribution in [0.4, 0.5) is 5.82 Å². The van der Waals surface area contributed by atoms with Crippen LogP contribution in [-0.4, -0.2) is 24.3 Å². The predicted octanol–water partition coefficient (Wildman–Crippen LogP) is 1.64. The standard InChI is InChI=1S/C12H16N4O2S2/c1-2-16(9-10-5-4-8-19-10)20(17,18)11-6-3-7-14-12(11)15-13/h3-8H,2,9,13H2,1H3,(H,14,15). The number of hydrazine groups is 1. The average molecular weight is 312 g/mol. The Labute approximate surface area is 122 Å². The van der Waals surface area contributed by atoms with Crippen LogP contribution in [0.5, 0.6) is 0 Å². The number of nitrogens with zero attached hydrogens (tertiary/aromatic N) is 2. The van der Waals surface area contributed by atoms with E-state index in [0.29, 0.717) is 13.1 Å². The van der Waals surface area contributed by atoms with Crippen LogP contribution in [0.3, 0.4) is 0 Å². The molecular weight excluding hydrogens is 296 g/mol. The smallest absolute Gasteiger partial charge is 0.247 e. The Balaban J connectivity index is 2.36. The quantitative estimate of drug-likeness (QED) is 0.625. The number of aromatic nitrogens is 1. The first-order valence-electron chi connectivity index (χ1n) is 6.03. The van der Waals surface area contributed by atoms with Crippen LogP contribution in [0.25, 0.3) is 0 Å². The molecule has 0 bridgehead atoms. The summed E-state index contributed by atoms with van der Waals surface area (Å²) in [5.74, 6) is 5.48. The summed E-state index contributed by atoms with van der Waals surface area (Å²) in [7, 11) is -3.63. The average Bonchev–Trinajstić information content (AvgIpc) is 2.97. The van der Waals surface area contributed by atoms with Gasteiger partial charge in [0.15, 0.2) is 5.82 Å². The van der Waals surface area contributed by atoms with Crippen LogP contribution in [0.1, 0.15) is 11.8 Å². The zero-order valence-electron chi connectivity index (χ0n) is 11.0. The Morgan fingerprint density at radius 1 is 1.40 bits per heavy atom. The maximum Gasteiger partial charge on any atom is 0.247 e. The monoisotopic (exact) mass is 312 g/mol. The second-order valence-corrected chi connectivity index (χ2v) is 6.94. The van der Waals surface area contributed by atoms with E-state index in [1.165, 1.54) is 27.9 Å². The van der Waals surface area contributed by atoms with Crippen molar-refractivity contribution < 1.29 is 8.42 Å². The van der Waals surface area contributed by atoms with Gasteiger partial charge in [-0.2, -0.15) is 4.31 Å². The molecule has 108 valence electrons. The van der Waals surface area contributed by atoms with Crippen molar-refractivity contribution in [3.63, 3.8) is 0 Å². The van der Waals surface area contributed by atoms with E-state index in [1.54, 1.807) is 13.0 Å². The maximum atomic E-state index is 12.7. The van der Waals surface area contributed by atoms with Crippen molar-refractivity contribution in [2.45, 2.75) is 18.4 Å². The van der Waals surface area contributed by atoms with Crippen LogP contribution >= 0.6 is 11.3 Å². The minimum Gasteiger partial charge on any atom is -0.307 e. The van der Waals surface area contributed by atoms with E-state index in [4.69, 9.17) is 5.84 Å². The minimum atomic E-state index is -3.63. The Morgan fingerprint density at radius 3 is 2.80 bits per heavy atom. The summed E-state index contributed by atoms with van der Waals surface area (Å²) in [6.45, 7) is 2.52. The van der Waals surface area contributed by atoms with E-state index >= 15 is 0 Å². The highest BCUT2D eigenvalue weighted by Gasteiger charge is 2.26. The van der Waals surface area contributed by atoms with Gasteiger partial charge in [-0.05, 0) is 23.6 Å². The zero-order chi connectivity index (χ0) is 14.6. The first-order valence-corrected chi connectivity index (χ1v) is 8.35. The van der Waals surface area contributed by atoms with Gasteiger partial charge in [0.2, 0.25) is 10.0 Å². The van der Waals surface area contributed by atoms with Crippen molar-refractivity contribution in [2.75, 3.05) is 12.0 Å². The molecule has 0 aliphatic carbocycles. The molecule has 0 spiro atoms. The number of anilines is 1. The molecule has 0 saturated heterocycles. The molecule has 0 unspecified atom stereocenters. The molecule has 0 atom stereocenters. The lowest BCUT2D eigenvalue weighted by molar-refractivity contribution is 0.426. The second-order valence-electron chi connectivity index (χ2n) is 4.01. The molecule has 2 aromatic heterocycles. The topological polar surface area (TPSA) is 88.3 Å². The molecule has 0 aliphatic heterocycles. The first-order chi connectivity index (χ1) is 9.59. The molecule has 0 aromatic carbocycles. The molecule has 6 nitrogen and oxygen atoms in total. The molecule has 3 N–H and O–H groups in total. The first kappa shape index (κ1) is 14.9. The number of thiophene rings is 1. The summed E-state index contributed by atoms with van der Waals surface area (Å²) < 4.78 is 26.7. The number of hydrogen-bond acceptors (Lipinski definition) is 6. The van der Waals surface area contributed by atoms with E-state index < -0.39 is 10.0 Å². The summed E-state index contributed by atoms with van der Waals surface area (Å²) in [5, 5.41) is 1.92. The van der Waals surface area contributed by atoms with Crippen molar-refractivity contribution in [1.29, 1.82) is 0 Å². The number of nitrogens with one attached hydrogen (secondary N) is 1. The number of pyridine rings is 1. The van der Waals surface area contributed by atoms with Crippen LogP contribution in [0.2, 0.25) is 0 Å². The lowest BCUT2D eigenvalue weighted by Crippen LogP contribution is -2.31. The third-order valence-electron chi connectivity index (χ3n) is 2.79. The Morgan fingerprint density at radius 2 is 2.20 bits per heavy atom. The lowest BCUT2D eigenvalue weighted by atomic mass is 10.4. The van der Waals surface area contributed by atoms with Crippen LogP contribution in [0, 0.1) is 0 Å². The molecule has 2 rings (SSSR count). The van der Waals surface area contributed by atoms with Crippen LogP contribution in [0.15, 0.2) is 40.7 Å². The third-order valence-corrected chi connectivity index (χ3v) is 5.60. The molecule has 8 heteroatoms. The highest BCUT2D eigenvalue weighted by Crippen LogP contribution is 2.24. The van der Waals surface area contributed by atoms with Gasteiger partial charge in [0.1, 0.15) is 4.90 Å². The Kier molecular flexibility index (Phi) is 4.71. The van der Waals surface area contributed by atoms with E-state index in [2.05, 4.69) is 10.4 Å². The van der Waals surface area contributed by atoms with E-state index in [0.717, 1.165) is 4.88 Å². The number of hydrogen-bond donors (Lipinski definition) is 2. The van der Waals surface area contributed by atoms with E-state index in [-0.39, 0.29) is 10.7 Å². The normalized spacial score (nSPS) is 11.8. The maximum absolute atomic E-state index is 12.7. The van der Waals surface area contributed by atoms with Gasteiger partial charge < -0.3 is 5.43 Å². The highest BCUT2D eigenvalue weighted by atomic mass is 32.2. The summed E-state index contributed by atoms with van der Waals surface area (Å²) >= 11 is 1.53. The molecule has 2 aromatic rings. The summed E-state index contributed by atoms with van der Waals surface area (Å²) in [5.41, 5.74) is 2.33. The van der Waals surface area contributed by atoms with Crippen LogP contribution < -0.4 is 11.3 Å². The number of nitrogens with two attached hydrogens (primary N) is 1. The molecule has 2 heterocycles. The van der Waals surface area contributed by atoms with Crippen molar-refractivity contribution in [3.8, 4) is 0 Å². The van der Waals surface area contributed by atoms with Crippen molar-refractivity contribution in [1.82, 2.24) is 9.29 Å². The number of rotatable bonds is 6. The van der Waals surface area contributed by atoms with Crippen molar-refractivity contribution >= 4 is 27.2 Å². The van der Waals surface area contributed by atoms with Gasteiger partial charge >= 0.3 is 0 Å². The fourth-order valence-electron chi connectivity index (χ4n) is 1.79. The molecular formula is C12H16N4O2S2. The summed E-state index contributed by atoms with van der Waals surface area (Å²) in [4.78, 5) is 5.01.